The van der Waals surface area contributed by atoms with E-state index in [-0.39, 0.29) is 17.3 Å². The molecular weight excluding hydrogens is 540 g/mol. The molecule has 1 unspecified atom stereocenters. The third-order valence-electron chi connectivity index (χ3n) is 5.47. The molecular formula is C25H20F4N6O3S. The van der Waals surface area contributed by atoms with E-state index < -0.39 is 34.4 Å². The van der Waals surface area contributed by atoms with Crippen molar-refractivity contribution in [3.05, 3.63) is 106 Å². The largest absolute Gasteiger partial charge is 0.418 e. The Morgan fingerprint density at radius 3 is 2.36 bits per heavy atom. The maximum absolute atomic E-state index is 13.3. The van der Waals surface area contributed by atoms with E-state index in [9.17, 15) is 32.5 Å². The summed E-state index contributed by atoms with van der Waals surface area (Å²) in [6.07, 6.45) is -4.66. The van der Waals surface area contributed by atoms with Crippen LogP contribution in [0.2, 0.25) is 0 Å². The van der Waals surface area contributed by atoms with Crippen LogP contribution < -0.4 is 10.6 Å². The van der Waals surface area contributed by atoms with Gasteiger partial charge in [0.15, 0.2) is 11.0 Å². The number of hydrogen-bond donors (Lipinski definition) is 2. The lowest BCUT2D eigenvalue weighted by Gasteiger charge is -2.18. The van der Waals surface area contributed by atoms with Gasteiger partial charge >= 0.3 is 12.2 Å². The SMILES string of the molecule is CC(NC(=O)Nc1ccccc1C(F)(F)F)c1nnc(SCc2ccc(F)cc2)n1-c1ccc([N+](=O)[O-])cc1. The Hall–Kier alpha value is -4.46. The number of para-hydroxylation sites is 1. The Morgan fingerprint density at radius 1 is 1.05 bits per heavy atom. The van der Waals surface area contributed by atoms with Crippen LogP contribution in [0.15, 0.2) is 78.0 Å². The van der Waals surface area contributed by atoms with Crippen molar-refractivity contribution in [2.45, 2.75) is 30.1 Å². The van der Waals surface area contributed by atoms with Crippen LogP contribution in [-0.2, 0) is 11.9 Å². The number of nitrogens with one attached hydrogen (secondary N) is 2. The van der Waals surface area contributed by atoms with E-state index in [4.69, 9.17) is 0 Å². The summed E-state index contributed by atoms with van der Waals surface area (Å²) in [6.45, 7) is 1.57. The molecule has 1 atom stereocenters. The molecule has 4 aromatic rings. The standard InChI is InChI=1S/C25H20F4N6O3S/c1-15(30-23(36)31-21-5-3-2-4-20(21)25(27,28)29)22-32-33-24(39-14-16-6-8-17(26)9-7-16)34(22)18-10-12-19(13-11-18)35(37)38/h2-13,15H,14H2,1H3,(H2,30,31,36). The van der Waals surface area contributed by atoms with E-state index in [1.165, 1.54) is 60.3 Å². The monoisotopic (exact) mass is 560 g/mol. The number of amides is 2. The summed E-state index contributed by atoms with van der Waals surface area (Å²) >= 11 is 1.26. The maximum Gasteiger partial charge on any atom is 0.418 e. The van der Waals surface area contributed by atoms with E-state index in [1.807, 2.05) is 0 Å². The number of rotatable bonds is 8. The minimum absolute atomic E-state index is 0.136. The lowest BCUT2D eigenvalue weighted by atomic mass is 10.1. The molecule has 14 heteroatoms. The molecule has 0 aliphatic rings. The quantitative estimate of drug-likeness (QED) is 0.110. The molecule has 9 nitrogen and oxygen atoms in total. The lowest BCUT2D eigenvalue weighted by molar-refractivity contribution is -0.384. The van der Waals surface area contributed by atoms with Crippen molar-refractivity contribution in [1.29, 1.82) is 0 Å². The van der Waals surface area contributed by atoms with Gasteiger partial charge in [-0.15, -0.1) is 10.2 Å². The van der Waals surface area contributed by atoms with Crippen molar-refractivity contribution in [3.63, 3.8) is 0 Å². The second-order valence-electron chi connectivity index (χ2n) is 8.23. The van der Waals surface area contributed by atoms with Crippen molar-refractivity contribution in [2.24, 2.45) is 0 Å². The third-order valence-corrected chi connectivity index (χ3v) is 6.47. The topological polar surface area (TPSA) is 115 Å². The smallest absolute Gasteiger partial charge is 0.328 e. The number of carbonyl (C=O) groups excluding carboxylic acids is 1. The predicted molar refractivity (Wildman–Crippen MR) is 136 cm³/mol. The fourth-order valence-electron chi connectivity index (χ4n) is 3.61. The van der Waals surface area contributed by atoms with Crippen molar-refractivity contribution in [2.75, 3.05) is 5.32 Å². The highest BCUT2D eigenvalue weighted by Gasteiger charge is 2.33. The first kappa shape index (κ1) is 27.6. The number of benzene rings is 3. The molecule has 202 valence electrons. The van der Waals surface area contributed by atoms with Crippen LogP contribution in [0.5, 0.6) is 0 Å². The molecule has 1 heterocycles. The number of non-ortho nitro benzene ring substituents is 1. The number of hydrogen-bond acceptors (Lipinski definition) is 6. The number of carbonyl (C=O) groups is 1. The molecule has 0 spiro atoms. The zero-order valence-corrected chi connectivity index (χ0v) is 21.0. The van der Waals surface area contributed by atoms with E-state index in [0.717, 1.165) is 17.7 Å². The summed E-state index contributed by atoms with van der Waals surface area (Å²) < 4.78 is 54.8. The van der Waals surface area contributed by atoms with Gasteiger partial charge in [-0.25, -0.2) is 9.18 Å². The van der Waals surface area contributed by atoms with Crippen LogP contribution in [0, 0.1) is 15.9 Å². The fourth-order valence-corrected chi connectivity index (χ4v) is 4.52. The zero-order valence-electron chi connectivity index (χ0n) is 20.1. The molecule has 0 saturated carbocycles. The molecule has 39 heavy (non-hydrogen) atoms. The Morgan fingerprint density at radius 2 is 1.72 bits per heavy atom. The number of thioether (sulfide) groups is 1. The van der Waals surface area contributed by atoms with Crippen molar-refractivity contribution in [3.8, 4) is 5.69 Å². The molecule has 3 aromatic carbocycles. The van der Waals surface area contributed by atoms with Gasteiger partial charge in [-0.05, 0) is 48.9 Å². The van der Waals surface area contributed by atoms with Gasteiger partial charge in [-0.3, -0.25) is 14.7 Å². The number of anilines is 1. The molecule has 0 bridgehead atoms. The summed E-state index contributed by atoms with van der Waals surface area (Å²) in [5, 5.41) is 24.6. The first-order chi connectivity index (χ1) is 18.5. The van der Waals surface area contributed by atoms with Crippen LogP contribution in [0.1, 0.15) is 29.9 Å². The summed E-state index contributed by atoms with van der Waals surface area (Å²) in [6, 6.07) is 14.3. The van der Waals surface area contributed by atoms with Crippen LogP contribution in [0.3, 0.4) is 0 Å². The zero-order chi connectivity index (χ0) is 28.2. The van der Waals surface area contributed by atoms with Gasteiger partial charge in [-0.2, -0.15) is 13.2 Å². The second-order valence-corrected chi connectivity index (χ2v) is 9.17. The highest BCUT2D eigenvalue weighted by Crippen LogP contribution is 2.34. The number of alkyl halides is 3. The normalized spacial score (nSPS) is 12.1. The minimum Gasteiger partial charge on any atom is -0.328 e. The molecule has 0 fully saturated rings. The van der Waals surface area contributed by atoms with Crippen LogP contribution in [-0.4, -0.2) is 25.7 Å². The first-order valence-corrected chi connectivity index (χ1v) is 12.3. The maximum atomic E-state index is 13.3. The van der Waals surface area contributed by atoms with Gasteiger partial charge in [-0.1, -0.05) is 36.0 Å². The predicted octanol–water partition coefficient (Wildman–Crippen LogP) is 6.51. The molecule has 2 N–H and O–H groups in total. The highest BCUT2D eigenvalue weighted by molar-refractivity contribution is 7.98. The summed E-state index contributed by atoms with van der Waals surface area (Å²) in [5.41, 5.74) is -0.292. The summed E-state index contributed by atoms with van der Waals surface area (Å²) in [7, 11) is 0. The minimum atomic E-state index is -4.66. The molecule has 2 amide bonds. The Bertz CT molecular complexity index is 1480. The molecule has 0 aliphatic heterocycles. The summed E-state index contributed by atoms with van der Waals surface area (Å²) in [4.78, 5) is 23.2. The molecule has 0 saturated heterocycles. The number of nitro benzene ring substituents is 1. The Kier molecular flexibility index (Phi) is 8.14. The number of nitrogens with zero attached hydrogens (tertiary/aromatic N) is 4. The van der Waals surface area contributed by atoms with Gasteiger partial charge in [0.1, 0.15) is 5.82 Å². The number of halogens is 4. The van der Waals surface area contributed by atoms with Gasteiger partial charge in [0, 0.05) is 23.6 Å². The van der Waals surface area contributed by atoms with Gasteiger partial charge in [0.05, 0.1) is 22.2 Å². The van der Waals surface area contributed by atoms with E-state index in [1.54, 1.807) is 23.6 Å². The third kappa shape index (κ3) is 6.71. The van der Waals surface area contributed by atoms with Crippen molar-refractivity contribution >= 4 is 29.2 Å². The fraction of sp³-hybridized carbons (Fsp3) is 0.160. The van der Waals surface area contributed by atoms with Crippen LogP contribution in [0.25, 0.3) is 5.69 Å². The Balaban J connectivity index is 1.59. The van der Waals surface area contributed by atoms with Crippen LogP contribution >= 0.6 is 11.8 Å². The van der Waals surface area contributed by atoms with Crippen LogP contribution in [0.4, 0.5) is 33.7 Å². The van der Waals surface area contributed by atoms with Gasteiger partial charge in [0.2, 0.25) is 0 Å². The first-order valence-electron chi connectivity index (χ1n) is 11.3. The second kappa shape index (κ2) is 11.5. The highest BCUT2D eigenvalue weighted by atomic mass is 32.2. The molecule has 4 rings (SSSR count). The molecule has 0 aliphatic carbocycles. The number of urea groups is 1. The average molecular weight is 561 g/mol. The van der Waals surface area contributed by atoms with E-state index in [2.05, 4.69) is 20.8 Å². The average Bonchev–Trinajstić information content (AvgIpc) is 3.32. The molecule has 0 radical (unpaired) electrons. The van der Waals surface area contributed by atoms with E-state index in [0.29, 0.717) is 16.6 Å². The van der Waals surface area contributed by atoms with Crippen molar-refractivity contribution < 1.29 is 27.3 Å². The number of nitro groups is 1. The Labute approximate surface area is 223 Å². The molecule has 1 aromatic heterocycles. The van der Waals surface area contributed by atoms with Gasteiger partial charge in [0.25, 0.3) is 5.69 Å². The summed E-state index contributed by atoms with van der Waals surface area (Å²) in [5.74, 6) is 0.239. The van der Waals surface area contributed by atoms with Gasteiger partial charge < -0.3 is 10.6 Å². The van der Waals surface area contributed by atoms with E-state index >= 15 is 0 Å². The van der Waals surface area contributed by atoms with Crippen molar-refractivity contribution in [1.82, 2.24) is 20.1 Å². The number of aromatic nitrogens is 3. The lowest BCUT2D eigenvalue weighted by Crippen LogP contribution is -2.33.